The summed E-state index contributed by atoms with van der Waals surface area (Å²) in [6.07, 6.45) is 2.60. The Kier molecular flexibility index (Phi) is 1.57. The van der Waals surface area contributed by atoms with Crippen molar-refractivity contribution in [1.82, 2.24) is 30.9 Å². The van der Waals surface area contributed by atoms with Crippen molar-refractivity contribution in [2.45, 2.75) is 12.5 Å². The van der Waals surface area contributed by atoms with Crippen molar-refractivity contribution >= 4 is 0 Å². The van der Waals surface area contributed by atoms with E-state index in [1.807, 2.05) is 0 Å². The largest absolute Gasteiger partial charge is 0.337 e. The second-order valence-corrected chi connectivity index (χ2v) is 3.11. The molecule has 2 aromatic rings. The molecule has 0 spiro atoms. The van der Waals surface area contributed by atoms with Gasteiger partial charge in [-0.25, -0.2) is 0 Å². The molecule has 1 aliphatic heterocycles. The fraction of sp³-hybridized carbons (Fsp3) is 0.429. The van der Waals surface area contributed by atoms with Crippen LogP contribution in [0.4, 0.5) is 0 Å². The maximum absolute atomic E-state index is 5.09. The Labute approximate surface area is 78.9 Å². The quantitative estimate of drug-likeness (QED) is 0.689. The summed E-state index contributed by atoms with van der Waals surface area (Å²) in [7, 11) is 0. The van der Waals surface area contributed by atoms with Gasteiger partial charge in [0.1, 0.15) is 0 Å². The van der Waals surface area contributed by atoms with Crippen molar-refractivity contribution in [1.29, 1.82) is 0 Å². The first kappa shape index (κ1) is 7.63. The highest BCUT2D eigenvalue weighted by molar-refractivity contribution is 5.44. The predicted molar refractivity (Wildman–Crippen MR) is 45.0 cm³/mol. The number of rotatable bonds is 2. The normalized spacial score (nSPS) is 20.7. The lowest BCUT2D eigenvalue weighted by Gasteiger charge is -2.23. The van der Waals surface area contributed by atoms with Gasteiger partial charge in [-0.3, -0.25) is 0 Å². The summed E-state index contributed by atoms with van der Waals surface area (Å²) in [4.78, 5) is 4.21. The number of nitrogens with one attached hydrogen (secondary N) is 2. The van der Waals surface area contributed by atoms with E-state index in [1.54, 1.807) is 6.20 Å². The van der Waals surface area contributed by atoms with Gasteiger partial charge in [-0.15, -0.1) is 0 Å². The third kappa shape index (κ3) is 1.10. The Morgan fingerprint density at radius 3 is 3.07 bits per heavy atom. The predicted octanol–water partition coefficient (Wildman–Crippen LogP) is -0.111. The second-order valence-electron chi connectivity index (χ2n) is 3.11. The molecule has 7 nitrogen and oxygen atoms in total. The molecule has 2 N–H and O–H groups in total. The van der Waals surface area contributed by atoms with E-state index in [9.17, 15) is 0 Å². The van der Waals surface area contributed by atoms with Crippen molar-refractivity contribution in [3.63, 3.8) is 0 Å². The molecule has 3 heterocycles. The van der Waals surface area contributed by atoms with Crippen molar-refractivity contribution < 1.29 is 4.52 Å². The van der Waals surface area contributed by atoms with Crippen molar-refractivity contribution in [2.75, 3.05) is 6.54 Å². The van der Waals surface area contributed by atoms with Crippen LogP contribution in [-0.4, -0.2) is 32.1 Å². The van der Waals surface area contributed by atoms with Crippen molar-refractivity contribution in [3.8, 4) is 11.5 Å². The molecule has 3 rings (SSSR count). The average molecular weight is 192 g/mol. The minimum atomic E-state index is 0.211. The van der Waals surface area contributed by atoms with Crippen LogP contribution in [0.5, 0.6) is 0 Å². The molecule has 0 amide bonds. The minimum absolute atomic E-state index is 0.211. The Balaban J connectivity index is 1.90. The van der Waals surface area contributed by atoms with Gasteiger partial charge >= 0.3 is 0 Å². The highest BCUT2D eigenvalue weighted by Gasteiger charge is 2.25. The Morgan fingerprint density at radius 1 is 1.50 bits per heavy atom. The van der Waals surface area contributed by atoms with E-state index in [0.29, 0.717) is 17.4 Å². The Bertz CT molecular complexity index is 417. The zero-order valence-electron chi connectivity index (χ0n) is 7.27. The van der Waals surface area contributed by atoms with E-state index in [0.717, 1.165) is 13.0 Å². The first-order chi connectivity index (χ1) is 6.93. The molecule has 1 aliphatic rings. The van der Waals surface area contributed by atoms with Gasteiger partial charge in [-0.05, 0) is 13.0 Å². The number of hydrogen-bond donors (Lipinski definition) is 2. The molecule has 2 aromatic heterocycles. The van der Waals surface area contributed by atoms with Crippen LogP contribution in [0, 0.1) is 0 Å². The van der Waals surface area contributed by atoms with Crippen molar-refractivity contribution in [2.24, 2.45) is 0 Å². The Hall–Kier alpha value is -1.76. The fourth-order valence-corrected chi connectivity index (χ4v) is 1.29. The van der Waals surface area contributed by atoms with Crippen LogP contribution in [-0.2, 0) is 0 Å². The van der Waals surface area contributed by atoms with Gasteiger partial charge in [0.15, 0.2) is 5.69 Å². The molecule has 0 bridgehead atoms. The number of aromatic nitrogens is 5. The highest BCUT2D eigenvalue weighted by Crippen LogP contribution is 2.22. The molecule has 7 heteroatoms. The van der Waals surface area contributed by atoms with E-state index in [4.69, 9.17) is 4.52 Å². The van der Waals surface area contributed by atoms with Gasteiger partial charge in [0.2, 0.25) is 11.7 Å². The second kappa shape index (κ2) is 2.88. The SMILES string of the molecule is c1n[nH]nc1-c1noc(C2CCN2)n1. The van der Waals surface area contributed by atoms with Gasteiger partial charge in [0, 0.05) is 0 Å². The number of nitrogens with zero attached hydrogens (tertiary/aromatic N) is 4. The van der Waals surface area contributed by atoms with Gasteiger partial charge in [0.25, 0.3) is 0 Å². The molecule has 0 aromatic carbocycles. The van der Waals surface area contributed by atoms with Gasteiger partial charge < -0.3 is 9.84 Å². The molecule has 1 unspecified atom stereocenters. The van der Waals surface area contributed by atoms with Crippen LogP contribution in [0.15, 0.2) is 10.7 Å². The standard InChI is InChI=1S/C7H8N6O/c1-2-8-4(1)7-10-6(12-14-7)5-3-9-13-11-5/h3-4,8H,1-2H2,(H,9,11,13). The zero-order valence-corrected chi connectivity index (χ0v) is 7.27. The van der Waals surface area contributed by atoms with E-state index < -0.39 is 0 Å². The lowest BCUT2D eigenvalue weighted by atomic mass is 10.1. The summed E-state index contributed by atoms with van der Waals surface area (Å²) in [5.41, 5.74) is 0.597. The molecule has 1 atom stereocenters. The Morgan fingerprint density at radius 2 is 2.43 bits per heavy atom. The summed E-state index contributed by atoms with van der Waals surface area (Å²) < 4.78 is 5.09. The maximum Gasteiger partial charge on any atom is 0.244 e. The fourth-order valence-electron chi connectivity index (χ4n) is 1.29. The summed E-state index contributed by atoms with van der Waals surface area (Å²) in [6.45, 7) is 1.01. The van der Waals surface area contributed by atoms with E-state index >= 15 is 0 Å². The lowest BCUT2D eigenvalue weighted by Crippen LogP contribution is -2.35. The van der Waals surface area contributed by atoms with Gasteiger partial charge in [-0.1, -0.05) is 5.16 Å². The molecular formula is C7H8N6O. The molecule has 14 heavy (non-hydrogen) atoms. The summed E-state index contributed by atoms with van der Waals surface area (Å²) in [5, 5.41) is 17.0. The zero-order chi connectivity index (χ0) is 9.38. The van der Waals surface area contributed by atoms with Crippen LogP contribution < -0.4 is 5.32 Å². The molecule has 0 aliphatic carbocycles. The molecular weight excluding hydrogens is 184 g/mol. The number of H-pyrrole nitrogens is 1. The third-order valence-electron chi connectivity index (χ3n) is 2.21. The topological polar surface area (TPSA) is 92.5 Å². The monoisotopic (exact) mass is 192 g/mol. The molecule has 1 saturated heterocycles. The smallest absolute Gasteiger partial charge is 0.244 e. The summed E-state index contributed by atoms with van der Waals surface area (Å²) in [5.74, 6) is 1.09. The lowest BCUT2D eigenvalue weighted by molar-refractivity contribution is 0.273. The summed E-state index contributed by atoms with van der Waals surface area (Å²) in [6, 6.07) is 0.211. The van der Waals surface area contributed by atoms with E-state index in [1.165, 1.54) is 0 Å². The number of aromatic amines is 1. The summed E-state index contributed by atoms with van der Waals surface area (Å²) >= 11 is 0. The van der Waals surface area contributed by atoms with E-state index in [-0.39, 0.29) is 6.04 Å². The van der Waals surface area contributed by atoms with Crippen molar-refractivity contribution in [3.05, 3.63) is 12.1 Å². The van der Waals surface area contributed by atoms with Gasteiger partial charge in [0.05, 0.1) is 12.2 Å². The highest BCUT2D eigenvalue weighted by atomic mass is 16.5. The van der Waals surface area contributed by atoms with Crippen LogP contribution in [0.1, 0.15) is 18.4 Å². The van der Waals surface area contributed by atoms with Gasteiger partial charge in [-0.2, -0.15) is 20.4 Å². The maximum atomic E-state index is 5.09. The average Bonchev–Trinajstić information content (AvgIpc) is 2.65. The molecule has 0 saturated carbocycles. The molecule has 72 valence electrons. The van der Waals surface area contributed by atoms with Crippen LogP contribution in [0.3, 0.4) is 0 Å². The first-order valence-electron chi connectivity index (χ1n) is 4.36. The number of hydrogen-bond acceptors (Lipinski definition) is 6. The van der Waals surface area contributed by atoms with Crippen LogP contribution in [0.2, 0.25) is 0 Å². The van der Waals surface area contributed by atoms with Crippen LogP contribution in [0.25, 0.3) is 11.5 Å². The van der Waals surface area contributed by atoms with E-state index in [2.05, 4.69) is 30.9 Å². The third-order valence-corrected chi connectivity index (χ3v) is 2.21. The minimum Gasteiger partial charge on any atom is -0.337 e. The molecule has 0 radical (unpaired) electrons. The molecule has 1 fully saturated rings. The van der Waals surface area contributed by atoms with Crippen LogP contribution >= 0.6 is 0 Å². The first-order valence-corrected chi connectivity index (χ1v) is 4.36.